The van der Waals surface area contributed by atoms with Gasteiger partial charge in [-0.15, -0.1) is 0 Å². The molecule has 0 atom stereocenters. The van der Waals surface area contributed by atoms with E-state index >= 15 is 0 Å². The summed E-state index contributed by atoms with van der Waals surface area (Å²) < 4.78 is 1.95. The number of hydrogen-bond donors (Lipinski definition) is 3. The van der Waals surface area contributed by atoms with Crippen LogP contribution in [0.3, 0.4) is 0 Å². The Morgan fingerprint density at radius 2 is 2.00 bits per heavy atom. The van der Waals surface area contributed by atoms with Gasteiger partial charge in [0, 0.05) is 19.5 Å². The number of nitrogens with zero attached hydrogens (tertiary/aromatic N) is 2. The third kappa shape index (κ3) is 6.71. The quantitative estimate of drug-likeness (QED) is 0.608. The van der Waals surface area contributed by atoms with E-state index < -0.39 is 5.97 Å². The average Bonchev–Trinajstić information content (AvgIpc) is 2.84. The lowest BCUT2D eigenvalue weighted by Gasteiger charge is -2.14. The molecule has 0 aliphatic rings. The lowest BCUT2D eigenvalue weighted by molar-refractivity contribution is -0.137. The Hall–Kier alpha value is -2.05. The number of anilines is 1. The minimum atomic E-state index is -0.860. The molecule has 7 heteroatoms. The maximum atomic E-state index is 11.9. The number of aliphatic carboxylic acids is 1. The van der Waals surface area contributed by atoms with Gasteiger partial charge in [-0.1, -0.05) is 27.7 Å². The molecular weight excluding hydrogens is 296 g/mol. The van der Waals surface area contributed by atoms with Gasteiger partial charge in [-0.3, -0.25) is 9.48 Å². The van der Waals surface area contributed by atoms with Crippen molar-refractivity contribution in [3.05, 3.63) is 11.9 Å². The lowest BCUT2D eigenvalue weighted by Crippen LogP contribution is -2.30. The Balaban J connectivity index is 2.61. The van der Waals surface area contributed by atoms with E-state index in [1.807, 2.05) is 4.68 Å². The monoisotopic (exact) mass is 324 g/mol. The van der Waals surface area contributed by atoms with E-state index in [4.69, 9.17) is 5.11 Å². The molecule has 1 aromatic rings. The Kier molecular flexibility index (Phi) is 7.57. The van der Waals surface area contributed by atoms with Crippen LogP contribution in [0.5, 0.6) is 0 Å². The molecule has 1 heterocycles. The summed E-state index contributed by atoms with van der Waals surface area (Å²) in [6.45, 7) is 9.63. The molecule has 0 fully saturated rings. The number of aromatic nitrogens is 2. The zero-order chi connectivity index (χ0) is 17.4. The summed E-state index contributed by atoms with van der Waals surface area (Å²) in [5, 5.41) is 18.4. The normalized spacial score (nSPS) is 11.0. The number of amides is 2. The first-order chi connectivity index (χ1) is 10.8. The molecule has 23 heavy (non-hydrogen) atoms. The molecule has 0 radical (unpaired) electrons. The molecule has 0 saturated heterocycles. The molecular formula is C16H28N4O3. The Morgan fingerprint density at radius 1 is 1.30 bits per heavy atom. The van der Waals surface area contributed by atoms with E-state index in [1.54, 1.807) is 6.20 Å². The number of carbonyl (C=O) groups is 2. The highest BCUT2D eigenvalue weighted by atomic mass is 16.4. The van der Waals surface area contributed by atoms with Crippen LogP contribution < -0.4 is 10.6 Å². The highest BCUT2D eigenvalue weighted by Gasteiger charge is 2.16. The second-order valence-corrected chi connectivity index (χ2v) is 6.38. The third-order valence-corrected chi connectivity index (χ3v) is 3.45. The fourth-order valence-corrected chi connectivity index (χ4v) is 2.27. The minimum absolute atomic E-state index is 0.0463. The average molecular weight is 324 g/mol. The van der Waals surface area contributed by atoms with Crippen molar-refractivity contribution in [3.63, 3.8) is 0 Å². The molecule has 0 aliphatic carbocycles. The van der Waals surface area contributed by atoms with E-state index in [9.17, 15) is 9.59 Å². The zero-order valence-electron chi connectivity index (χ0n) is 14.4. The van der Waals surface area contributed by atoms with Gasteiger partial charge in [-0.2, -0.15) is 5.10 Å². The molecule has 0 unspecified atom stereocenters. The summed E-state index contributed by atoms with van der Waals surface area (Å²) in [7, 11) is 0. The van der Waals surface area contributed by atoms with Crippen molar-refractivity contribution in [1.82, 2.24) is 15.1 Å². The fraction of sp³-hybridized carbons (Fsp3) is 0.688. The van der Waals surface area contributed by atoms with Gasteiger partial charge in [0.1, 0.15) is 0 Å². The van der Waals surface area contributed by atoms with Crippen LogP contribution in [0.25, 0.3) is 0 Å². The first-order valence-corrected chi connectivity index (χ1v) is 8.13. The van der Waals surface area contributed by atoms with Gasteiger partial charge in [0.05, 0.1) is 17.6 Å². The van der Waals surface area contributed by atoms with E-state index in [0.717, 1.165) is 18.7 Å². The van der Waals surface area contributed by atoms with Crippen molar-refractivity contribution in [2.45, 2.75) is 59.4 Å². The number of rotatable bonds is 9. The van der Waals surface area contributed by atoms with Gasteiger partial charge in [0.25, 0.3) is 0 Å². The van der Waals surface area contributed by atoms with Gasteiger partial charge in [0.2, 0.25) is 0 Å². The molecule has 0 saturated carbocycles. The van der Waals surface area contributed by atoms with E-state index in [0.29, 0.717) is 24.6 Å². The Bertz CT molecular complexity index is 523. The topological polar surface area (TPSA) is 96.3 Å². The van der Waals surface area contributed by atoms with Crippen LogP contribution in [-0.4, -0.2) is 33.4 Å². The van der Waals surface area contributed by atoms with Gasteiger partial charge >= 0.3 is 12.0 Å². The maximum absolute atomic E-state index is 11.9. The third-order valence-electron chi connectivity index (χ3n) is 3.45. The molecule has 1 rings (SSSR count). The maximum Gasteiger partial charge on any atom is 0.319 e. The van der Waals surface area contributed by atoms with Crippen LogP contribution in [0.15, 0.2) is 6.20 Å². The minimum Gasteiger partial charge on any atom is -0.481 e. The van der Waals surface area contributed by atoms with Crippen molar-refractivity contribution in [1.29, 1.82) is 0 Å². The predicted octanol–water partition coefficient (Wildman–Crippen LogP) is 3.04. The van der Waals surface area contributed by atoms with Crippen molar-refractivity contribution < 1.29 is 14.7 Å². The van der Waals surface area contributed by atoms with Crippen LogP contribution in [0, 0.1) is 5.92 Å². The van der Waals surface area contributed by atoms with Crippen LogP contribution in [0.2, 0.25) is 0 Å². The van der Waals surface area contributed by atoms with Crippen molar-refractivity contribution in [2.24, 2.45) is 5.92 Å². The summed E-state index contributed by atoms with van der Waals surface area (Å²) in [6.07, 6.45) is 3.16. The van der Waals surface area contributed by atoms with Crippen molar-refractivity contribution in [2.75, 3.05) is 11.9 Å². The predicted molar refractivity (Wildman–Crippen MR) is 89.7 cm³/mol. The van der Waals surface area contributed by atoms with Crippen molar-refractivity contribution >= 4 is 17.7 Å². The summed E-state index contributed by atoms with van der Waals surface area (Å²) in [4.78, 5) is 22.3. The number of carboxylic acids is 1. The molecule has 1 aromatic heterocycles. The molecule has 3 N–H and O–H groups in total. The molecule has 0 spiro atoms. The smallest absolute Gasteiger partial charge is 0.319 e. The van der Waals surface area contributed by atoms with Crippen LogP contribution >= 0.6 is 0 Å². The first kappa shape index (κ1) is 19.0. The van der Waals surface area contributed by atoms with Crippen LogP contribution in [0.1, 0.15) is 58.6 Å². The molecule has 0 aliphatic heterocycles. The highest BCUT2D eigenvalue weighted by molar-refractivity contribution is 5.89. The number of carbonyl (C=O) groups excluding carboxylic acids is 1. The van der Waals surface area contributed by atoms with Crippen LogP contribution in [0.4, 0.5) is 10.5 Å². The molecule has 7 nitrogen and oxygen atoms in total. The standard InChI is InChI=1S/C16H28N4O3/c1-11(2)7-9-20-15(12(3)4)13(10-18-20)19-16(23)17-8-5-6-14(21)22/h10-12H,5-9H2,1-4H3,(H,21,22)(H2,17,19,23). The Labute approximate surface area is 137 Å². The molecule has 2 amide bonds. The Morgan fingerprint density at radius 3 is 2.57 bits per heavy atom. The van der Waals surface area contributed by atoms with Gasteiger partial charge in [-0.25, -0.2) is 4.79 Å². The van der Waals surface area contributed by atoms with Gasteiger partial charge in [-0.05, 0) is 24.7 Å². The van der Waals surface area contributed by atoms with E-state index in [-0.39, 0.29) is 18.4 Å². The largest absolute Gasteiger partial charge is 0.481 e. The summed E-state index contributed by atoms with van der Waals surface area (Å²) in [6, 6.07) is -0.333. The molecule has 130 valence electrons. The number of hydrogen-bond acceptors (Lipinski definition) is 3. The van der Waals surface area contributed by atoms with Gasteiger partial charge < -0.3 is 15.7 Å². The number of carboxylic acid groups (broad SMARTS) is 1. The van der Waals surface area contributed by atoms with E-state index in [2.05, 4.69) is 43.4 Å². The SMILES string of the molecule is CC(C)CCn1ncc(NC(=O)NCCCC(=O)O)c1C(C)C. The number of aryl methyl sites for hydroxylation is 1. The van der Waals surface area contributed by atoms with Crippen molar-refractivity contribution in [3.8, 4) is 0 Å². The van der Waals surface area contributed by atoms with Gasteiger partial charge in [0.15, 0.2) is 0 Å². The highest BCUT2D eigenvalue weighted by Crippen LogP contribution is 2.24. The molecule has 0 aromatic carbocycles. The molecule has 0 bridgehead atoms. The van der Waals surface area contributed by atoms with Crippen LogP contribution in [-0.2, 0) is 11.3 Å². The fourth-order valence-electron chi connectivity index (χ4n) is 2.27. The lowest BCUT2D eigenvalue weighted by atomic mass is 10.1. The summed E-state index contributed by atoms with van der Waals surface area (Å²) >= 11 is 0. The zero-order valence-corrected chi connectivity index (χ0v) is 14.4. The first-order valence-electron chi connectivity index (χ1n) is 8.13. The second kappa shape index (κ2) is 9.17. The summed E-state index contributed by atoms with van der Waals surface area (Å²) in [5.74, 6) is -0.0270. The van der Waals surface area contributed by atoms with E-state index in [1.165, 1.54) is 0 Å². The number of urea groups is 1. The number of nitrogens with one attached hydrogen (secondary N) is 2. The summed E-state index contributed by atoms with van der Waals surface area (Å²) in [5.41, 5.74) is 1.71. The second-order valence-electron chi connectivity index (χ2n) is 6.38.